The van der Waals surface area contributed by atoms with Gasteiger partial charge in [0.05, 0.1) is 6.20 Å². The lowest BCUT2D eigenvalue weighted by Gasteiger charge is -1.81. The van der Waals surface area contributed by atoms with E-state index < -0.39 is 0 Å². The quantitative estimate of drug-likeness (QED) is 0.523. The van der Waals surface area contributed by atoms with Crippen LogP contribution in [0.15, 0.2) is 29.2 Å². The second kappa shape index (κ2) is 4.90. The molecular weight excluding hydrogens is 114 g/mol. The Morgan fingerprint density at radius 2 is 2.11 bits per heavy atom. The third-order valence-electron chi connectivity index (χ3n) is 0.588. The molecule has 0 saturated carbocycles. The van der Waals surface area contributed by atoms with E-state index in [4.69, 9.17) is 11.5 Å². The van der Waals surface area contributed by atoms with Gasteiger partial charge in [-0.25, -0.2) is 0 Å². The fourth-order valence-electron chi connectivity index (χ4n) is 0.265. The van der Waals surface area contributed by atoms with Crippen molar-refractivity contribution in [3.05, 3.63) is 24.2 Å². The highest BCUT2D eigenvalue weighted by Crippen LogP contribution is 1.72. The lowest BCUT2D eigenvalue weighted by Crippen LogP contribution is -2.06. The van der Waals surface area contributed by atoms with Gasteiger partial charge in [0.25, 0.3) is 0 Å². The van der Waals surface area contributed by atoms with E-state index in [1.54, 1.807) is 12.3 Å². The molecule has 4 N–H and O–H groups in total. The fourth-order valence-corrected chi connectivity index (χ4v) is 0.265. The van der Waals surface area contributed by atoms with Gasteiger partial charge in [0.2, 0.25) is 0 Å². The minimum atomic E-state index is 0.218. The average Bonchev–Trinajstić information content (AvgIpc) is 1.80. The van der Waals surface area contributed by atoms with Gasteiger partial charge in [-0.3, -0.25) is 4.99 Å². The Morgan fingerprint density at radius 3 is 2.56 bits per heavy atom. The average molecular weight is 125 g/mol. The van der Waals surface area contributed by atoms with Gasteiger partial charge < -0.3 is 11.5 Å². The first-order valence-corrected chi connectivity index (χ1v) is 2.63. The van der Waals surface area contributed by atoms with Crippen LogP contribution in [-0.2, 0) is 0 Å². The molecule has 3 nitrogen and oxygen atoms in total. The van der Waals surface area contributed by atoms with Crippen LogP contribution in [-0.4, -0.2) is 6.21 Å². The molecule has 0 radical (unpaired) electrons. The molecule has 0 unspecified atom stereocenters. The third kappa shape index (κ3) is 6.75. The number of hydrogen-bond acceptors (Lipinski definition) is 3. The van der Waals surface area contributed by atoms with Crippen LogP contribution in [0.3, 0.4) is 0 Å². The van der Waals surface area contributed by atoms with E-state index in [1.807, 2.05) is 13.0 Å². The standard InChI is InChI=1S/C6H11N3/c1-2-3-4-9-5-6(7)8/h2-5H,7-8H2,1H3/b3-2+,9-4?. The number of allylic oxidation sites excluding steroid dienone is 2. The molecule has 0 heterocycles. The first-order valence-electron chi connectivity index (χ1n) is 2.63. The van der Waals surface area contributed by atoms with Crippen LogP contribution in [0.4, 0.5) is 0 Å². The van der Waals surface area contributed by atoms with Crippen LogP contribution in [0.5, 0.6) is 0 Å². The first-order chi connectivity index (χ1) is 4.27. The van der Waals surface area contributed by atoms with Crippen molar-refractivity contribution < 1.29 is 0 Å². The van der Waals surface area contributed by atoms with Gasteiger partial charge in [0.1, 0.15) is 5.82 Å². The van der Waals surface area contributed by atoms with E-state index in [-0.39, 0.29) is 5.82 Å². The minimum absolute atomic E-state index is 0.218. The summed E-state index contributed by atoms with van der Waals surface area (Å²) in [6, 6.07) is 0. The molecule has 0 aliphatic carbocycles. The van der Waals surface area contributed by atoms with Crippen molar-refractivity contribution in [1.29, 1.82) is 0 Å². The molecule has 0 aromatic heterocycles. The summed E-state index contributed by atoms with van der Waals surface area (Å²) in [6.07, 6.45) is 6.66. The van der Waals surface area contributed by atoms with Crippen molar-refractivity contribution in [2.24, 2.45) is 16.5 Å². The van der Waals surface area contributed by atoms with Crippen LogP contribution in [0.2, 0.25) is 0 Å². The molecule has 0 aliphatic heterocycles. The Labute approximate surface area is 54.8 Å². The minimum Gasteiger partial charge on any atom is -0.384 e. The maximum absolute atomic E-state index is 5.08. The number of rotatable bonds is 2. The summed E-state index contributed by atoms with van der Waals surface area (Å²) in [4.78, 5) is 3.74. The molecule has 0 aliphatic rings. The monoisotopic (exact) mass is 125 g/mol. The maximum atomic E-state index is 5.08. The Balaban J connectivity index is 3.60. The van der Waals surface area contributed by atoms with Gasteiger partial charge in [0.15, 0.2) is 0 Å². The Morgan fingerprint density at radius 1 is 1.44 bits per heavy atom. The van der Waals surface area contributed by atoms with Gasteiger partial charge in [-0.2, -0.15) is 0 Å². The predicted molar refractivity (Wildman–Crippen MR) is 39.8 cm³/mol. The zero-order valence-corrected chi connectivity index (χ0v) is 5.41. The normalized spacial score (nSPS) is 10.8. The molecule has 0 atom stereocenters. The van der Waals surface area contributed by atoms with Crippen LogP contribution in [0.25, 0.3) is 0 Å². The van der Waals surface area contributed by atoms with E-state index in [1.165, 1.54) is 6.20 Å². The number of aliphatic imine (C=N–C) groups is 1. The first kappa shape index (κ1) is 7.75. The van der Waals surface area contributed by atoms with Gasteiger partial charge in [-0.15, -0.1) is 0 Å². The van der Waals surface area contributed by atoms with Crippen LogP contribution in [0.1, 0.15) is 6.92 Å². The largest absolute Gasteiger partial charge is 0.384 e. The molecule has 50 valence electrons. The summed E-state index contributed by atoms with van der Waals surface area (Å²) in [5, 5.41) is 0. The maximum Gasteiger partial charge on any atom is 0.112 e. The summed E-state index contributed by atoms with van der Waals surface area (Å²) >= 11 is 0. The topological polar surface area (TPSA) is 64.4 Å². The molecular formula is C6H11N3. The molecule has 0 rings (SSSR count). The van der Waals surface area contributed by atoms with Crippen molar-refractivity contribution in [2.75, 3.05) is 0 Å². The highest BCUT2D eigenvalue weighted by Gasteiger charge is 1.67. The Bertz CT molecular complexity index is 140. The smallest absolute Gasteiger partial charge is 0.112 e. The van der Waals surface area contributed by atoms with Gasteiger partial charge in [-0.1, -0.05) is 6.08 Å². The van der Waals surface area contributed by atoms with Gasteiger partial charge >= 0.3 is 0 Å². The Kier molecular flexibility index (Phi) is 4.22. The molecule has 0 aromatic rings. The summed E-state index contributed by atoms with van der Waals surface area (Å²) < 4.78 is 0. The highest BCUT2D eigenvalue weighted by molar-refractivity contribution is 5.71. The van der Waals surface area contributed by atoms with Crippen molar-refractivity contribution in [1.82, 2.24) is 0 Å². The van der Waals surface area contributed by atoms with Crippen LogP contribution in [0, 0.1) is 0 Å². The van der Waals surface area contributed by atoms with E-state index in [0.29, 0.717) is 0 Å². The lowest BCUT2D eigenvalue weighted by molar-refractivity contribution is 1.22. The van der Waals surface area contributed by atoms with Crippen molar-refractivity contribution in [3.63, 3.8) is 0 Å². The molecule has 9 heavy (non-hydrogen) atoms. The summed E-state index contributed by atoms with van der Waals surface area (Å²) in [5.74, 6) is 0.218. The predicted octanol–water partition coefficient (Wildman–Crippen LogP) is 0.350. The molecule has 0 fully saturated rings. The zero-order chi connectivity index (χ0) is 7.11. The lowest BCUT2D eigenvalue weighted by atomic mass is 10.6. The molecule has 0 aromatic carbocycles. The van der Waals surface area contributed by atoms with E-state index >= 15 is 0 Å². The van der Waals surface area contributed by atoms with Crippen LogP contribution < -0.4 is 11.5 Å². The van der Waals surface area contributed by atoms with E-state index in [2.05, 4.69) is 4.99 Å². The number of nitrogens with zero attached hydrogens (tertiary/aromatic N) is 1. The summed E-state index contributed by atoms with van der Waals surface area (Å²) in [6.45, 7) is 1.90. The van der Waals surface area contributed by atoms with Gasteiger partial charge in [-0.05, 0) is 13.0 Å². The van der Waals surface area contributed by atoms with Crippen molar-refractivity contribution >= 4 is 6.21 Å². The van der Waals surface area contributed by atoms with Gasteiger partial charge in [0, 0.05) is 6.21 Å². The molecule has 3 heteroatoms. The Hall–Kier alpha value is -1.25. The van der Waals surface area contributed by atoms with E-state index in [9.17, 15) is 0 Å². The summed E-state index contributed by atoms with van der Waals surface area (Å²) in [5.41, 5.74) is 10.2. The SMILES string of the molecule is C/C=C/C=NC=C(N)N. The number of hydrogen-bond donors (Lipinski definition) is 2. The van der Waals surface area contributed by atoms with Crippen LogP contribution >= 0.6 is 0 Å². The molecule has 0 amide bonds. The van der Waals surface area contributed by atoms with Crippen molar-refractivity contribution in [2.45, 2.75) is 6.92 Å². The fraction of sp³-hybridized carbons (Fsp3) is 0.167. The summed E-state index contributed by atoms with van der Waals surface area (Å²) in [7, 11) is 0. The molecule has 0 saturated heterocycles. The second-order valence-corrected chi connectivity index (χ2v) is 1.45. The number of nitrogens with two attached hydrogens (primary N) is 2. The van der Waals surface area contributed by atoms with E-state index in [0.717, 1.165) is 0 Å². The zero-order valence-electron chi connectivity index (χ0n) is 5.41. The van der Waals surface area contributed by atoms with Crippen molar-refractivity contribution in [3.8, 4) is 0 Å². The molecule has 0 spiro atoms. The third-order valence-corrected chi connectivity index (χ3v) is 0.588. The second-order valence-electron chi connectivity index (χ2n) is 1.45. The molecule has 0 bridgehead atoms. The highest BCUT2D eigenvalue weighted by atomic mass is 14.8.